The summed E-state index contributed by atoms with van der Waals surface area (Å²) in [5, 5.41) is 4.15. The molecule has 0 spiro atoms. The quantitative estimate of drug-likeness (QED) is 0.358. The Labute approximate surface area is 186 Å². The highest BCUT2D eigenvalue weighted by Gasteiger charge is 2.31. The second-order valence-electron chi connectivity index (χ2n) is 8.87. The SMILES string of the molecule is CC(C)(C)c1ccc(CNc2cc(C(F)(F)F)ccc2-c2ccc3cc[c]cc3n2)cc1. The van der Waals surface area contributed by atoms with Gasteiger partial charge in [-0.1, -0.05) is 69.3 Å². The van der Waals surface area contributed by atoms with Crippen molar-refractivity contribution < 1.29 is 13.2 Å². The maximum atomic E-state index is 13.4. The van der Waals surface area contributed by atoms with E-state index in [1.165, 1.54) is 11.6 Å². The molecule has 1 radical (unpaired) electrons. The number of benzene rings is 3. The molecule has 1 heterocycles. The predicted octanol–water partition coefficient (Wildman–Crippen LogP) is 7.63. The number of rotatable bonds is 4. The molecule has 0 saturated carbocycles. The molecule has 4 aromatic rings. The minimum absolute atomic E-state index is 0.0410. The predicted molar refractivity (Wildman–Crippen MR) is 123 cm³/mol. The lowest BCUT2D eigenvalue weighted by Gasteiger charge is -2.19. The van der Waals surface area contributed by atoms with E-state index >= 15 is 0 Å². The Balaban J connectivity index is 1.68. The van der Waals surface area contributed by atoms with E-state index in [0.29, 0.717) is 23.5 Å². The van der Waals surface area contributed by atoms with Gasteiger partial charge in [0.25, 0.3) is 0 Å². The van der Waals surface area contributed by atoms with Gasteiger partial charge in [0.05, 0.1) is 16.8 Å². The zero-order valence-corrected chi connectivity index (χ0v) is 18.2. The van der Waals surface area contributed by atoms with Gasteiger partial charge < -0.3 is 5.32 Å². The zero-order chi connectivity index (χ0) is 22.9. The van der Waals surface area contributed by atoms with Crippen molar-refractivity contribution in [2.24, 2.45) is 0 Å². The van der Waals surface area contributed by atoms with E-state index in [-0.39, 0.29) is 5.41 Å². The van der Waals surface area contributed by atoms with Crippen LogP contribution in [0, 0.1) is 6.07 Å². The first-order valence-corrected chi connectivity index (χ1v) is 10.4. The average molecular weight is 433 g/mol. The van der Waals surface area contributed by atoms with Crippen molar-refractivity contribution in [3.8, 4) is 11.3 Å². The van der Waals surface area contributed by atoms with Crippen LogP contribution in [-0.2, 0) is 18.1 Å². The van der Waals surface area contributed by atoms with E-state index in [1.54, 1.807) is 12.1 Å². The molecule has 2 nitrogen and oxygen atoms in total. The number of pyridine rings is 1. The molecule has 3 aromatic carbocycles. The van der Waals surface area contributed by atoms with Crippen LogP contribution in [0.15, 0.2) is 72.8 Å². The summed E-state index contributed by atoms with van der Waals surface area (Å²) >= 11 is 0. The Hall–Kier alpha value is -3.34. The molecule has 0 atom stereocenters. The Morgan fingerprint density at radius 3 is 2.28 bits per heavy atom. The van der Waals surface area contributed by atoms with Crippen molar-refractivity contribution in [3.05, 3.63) is 95.6 Å². The lowest BCUT2D eigenvalue weighted by atomic mass is 9.87. The van der Waals surface area contributed by atoms with E-state index in [9.17, 15) is 13.2 Å². The van der Waals surface area contributed by atoms with E-state index in [0.717, 1.165) is 28.6 Å². The summed E-state index contributed by atoms with van der Waals surface area (Å²) in [5.74, 6) is 0. The van der Waals surface area contributed by atoms with Gasteiger partial charge in [0, 0.05) is 23.2 Å². The smallest absolute Gasteiger partial charge is 0.380 e. The largest absolute Gasteiger partial charge is 0.416 e. The highest BCUT2D eigenvalue weighted by Crippen LogP contribution is 2.36. The number of hydrogen-bond acceptors (Lipinski definition) is 2. The van der Waals surface area contributed by atoms with Gasteiger partial charge in [-0.15, -0.1) is 0 Å². The number of aromatic nitrogens is 1. The molecule has 0 amide bonds. The molecular weight excluding hydrogens is 409 g/mol. The molecule has 5 heteroatoms. The summed E-state index contributed by atoms with van der Waals surface area (Å²) in [6, 6.07) is 24.1. The minimum Gasteiger partial charge on any atom is -0.380 e. The van der Waals surface area contributed by atoms with Gasteiger partial charge in [0.15, 0.2) is 0 Å². The summed E-state index contributed by atoms with van der Waals surface area (Å²) in [6.07, 6.45) is -4.42. The molecule has 0 aliphatic carbocycles. The Bertz CT molecular complexity index is 1240. The number of alkyl halides is 3. The van der Waals surface area contributed by atoms with Crippen molar-refractivity contribution in [2.75, 3.05) is 5.32 Å². The maximum Gasteiger partial charge on any atom is 0.416 e. The van der Waals surface area contributed by atoms with Gasteiger partial charge in [-0.2, -0.15) is 13.2 Å². The normalized spacial score (nSPS) is 12.2. The first-order chi connectivity index (χ1) is 15.1. The van der Waals surface area contributed by atoms with Crippen LogP contribution in [0.5, 0.6) is 0 Å². The summed E-state index contributed by atoms with van der Waals surface area (Å²) < 4.78 is 40.1. The Kier molecular flexibility index (Phi) is 5.68. The maximum absolute atomic E-state index is 13.4. The Morgan fingerprint density at radius 2 is 1.59 bits per heavy atom. The molecule has 4 rings (SSSR count). The molecule has 0 fully saturated rings. The first kappa shape index (κ1) is 21.9. The third kappa shape index (κ3) is 4.77. The number of nitrogens with zero attached hydrogens (tertiary/aromatic N) is 1. The average Bonchev–Trinajstić information content (AvgIpc) is 2.76. The number of hydrogen-bond donors (Lipinski definition) is 1. The molecule has 1 N–H and O–H groups in total. The van der Waals surface area contributed by atoms with Gasteiger partial charge >= 0.3 is 6.18 Å². The van der Waals surface area contributed by atoms with Crippen LogP contribution in [-0.4, -0.2) is 4.98 Å². The molecule has 1 aromatic heterocycles. The molecule has 0 saturated heterocycles. The second kappa shape index (κ2) is 8.30. The van der Waals surface area contributed by atoms with Crippen molar-refractivity contribution in [3.63, 3.8) is 0 Å². The molecule has 0 aliphatic rings. The fraction of sp³-hybridized carbons (Fsp3) is 0.222. The third-order valence-corrected chi connectivity index (χ3v) is 5.46. The summed E-state index contributed by atoms with van der Waals surface area (Å²) in [7, 11) is 0. The molecule has 0 aliphatic heterocycles. The Morgan fingerprint density at radius 1 is 0.875 bits per heavy atom. The van der Waals surface area contributed by atoms with Crippen LogP contribution in [0.3, 0.4) is 0 Å². The van der Waals surface area contributed by atoms with Gasteiger partial charge in [0.1, 0.15) is 0 Å². The highest BCUT2D eigenvalue weighted by molar-refractivity contribution is 5.84. The standard InChI is InChI=1S/C27H24F3N2/c1-26(2,3)20-11-8-18(9-12-20)17-31-25-16-21(27(28,29)30)13-14-22(25)24-15-10-19-6-4-5-7-23(19)32-24/h4,6-16,31H,17H2,1-3H3. The minimum atomic E-state index is -4.42. The molecule has 0 unspecified atom stereocenters. The number of nitrogens with one attached hydrogen (secondary N) is 1. The second-order valence-corrected chi connectivity index (χ2v) is 8.87. The van der Waals surface area contributed by atoms with Gasteiger partial charge in [-0.05, 0) is 46.9 Å². The van der Waals surface area contributed by atoms with Crippen LogP contribution in [0.4, 0.5) is 18.9 Å². The topological polar surface area (TPSA) is 24.9 Å². The van der Waals surface area contributed by atoms with E-state index < -0.39 is 11.7 Å². The molecule has 0 bridgehead atoms. The van der Waals surface area contributed by atoms with Crippen molar-refractivity contribution in [1.29, 1.82) is 0 Å². The zero-order valence-electron chi connectivity index (χ0n) is 18.2. The first-order valence-electron chi connectivity index (χ1n) is 10.4. The fourth-order valence-electron chi connectivity index (χ4n) is 3.57. The van der Waals surface area contributed by atoms with Gasteiger partial charge in [-0.25, -0.2) is 4.98 Å². The van der Waals surface area contributed by atoms with Crippen LogP contribution >= 0.6 is 0 Å². The van der Waals surface area contributed by atoms with Crippen molar-refractivity contribution >= 4 is 16.6 Å². The van der Waals surface area contributed by atoms with E-state index in [4.69, 9.17) is 0 Å². The molecule has 32 heavy (non-hydrogen) atoms. The number of fused-ring (bicyclic) bond motifs is 1. The summed E-state index contributed by atoms with van der Waals surface area (Å²) in [6.45, 7) is 6.83. The molecular formula is C27H24F3N2. The highest BCUT2D eigenvalue weighted by atomic mass is 19.4. The fourth-order valence-corrected chi connectivity index (χ4v) is 3.57. The van der Waals surface area contributed by atoms with Crippen LogP contribution < -0.4 is 5.32 Å². The summed E-state index contributed by atoms with van der Waals surface area (Å²) in [4.78, 5) is 4.64. The molecule has 163 valence electrons. The third-order valence-electron chi connectivity index (χ3n) is 5.46. The number of anilines is 1. The van der Waals surface area contributed by atoms with Crippen molar-refractivity contribution in [2.45, 2.75) is 38.9 Å². The van der Waals surface area contributed by atoms with E-state index in [2.05, 4.69) is 49.3 Å². The van der Waals surface area contributed by atoms with Crippen LogP contribution in [0.25, 0.3) is 22.2 Å². The summed E-state index contributed by atoms with van der Waals surface area (Å²) in [5.41, 5.74) is 3.91. The van der Waals surface area contributed by atoms with Crippen LogP contribution in [0.2, 0.25) is 0 Å². The van der Waals surface area contributed by atoms with Gasteiger partial charge in [0.2, 0.25) is 0 Å². The lowest BCUT2D eigenvalue weighted by molar-refractivity contribution is -0.137. The van der Waals surface area contributed by atoms with Crippen LogP contribution in [0.1, 0.15) is 37.5 Å². The van der Waals surface area contributed by atoms with E-state index in [1.807, 2.05) is 30.3 Å². The van der Waals surface area contributed by atoms with Gasteiger partial charge in [-0.3, -0.25) is 0 Å². The number of halogens is 3. The van der Waals surface area contributed by atoms with Crippen molar-refractivity contribution in [1.82, 2.24) is 4.98 Å². The monoisotopic (exact) mass is 433 g/mol. The lowest BCUT2D eigenvalue weighted by Crippen LogP contribution is -2.11.